The van der Waals surface area contributed by atoms with E-state index in [9.17, 15) is 18.4 Å². The second-order valence-corrected chi connectivity index (χ2v) is 4.58. The van der Waals surface area contributed by atoms with E-state index in [0.29, 0.717) is 12.7 Å². The Kier molecular flexibility index (Phi) is 5.65. The zero-order chi connectivity index (χ0) is 14.4. The molecule has 1 rings (SSSR count). The number of carbonyl (C=O) groups is 2. The van der Waals surface area contributed by atoms with Crippen molar-refractivity contribution in [2.45, 2.75) is 13.3 Å². The Balaban J connectivity index is 3.37. The average molecular weight is 284 g/mol. The molecule has 0 heterocycles. The summed E-state index contributed by atoms with van der Waals surface area (Å²) >= 11 is -2.53. The van der Waals surface area contributed by atoms with Gasteiger partial charge in [0.15, 0.2) is 0 Å². The summed E-state index contributed by atoms with van der Waals surface area (Å²) in [5, 5.41) is 0. The van der Waals surface area contributed by atoms with Gasteiger partial charge in [0, 0.05) is 23.4 Å². The van der Waals surface area contributed by atoms with Crippen molar-refractivity contribution in [1.82, 2.24) is 0 Å². The van der Waals surface area contributed by atoms with Crippen molar-refractivity contribution in [2.75, 3.05) is 18.0 Å². The van der Waals surface area contributed by atoms with Crippen molar-refractivity contribution >= 4 is 29.2 Å². The molecule has 0 saturated heterocycles. The van der Waals surface area contributed by atoms with Crippen molar-refractivity contribution < 1.29 is 23.1 Å². The van der Waals surface area contributed by atoms with Crippen LogP contribution in [0.25, 0.3) is 0 Å². The molecule has 0 bridgehead atoms. The normalized spacial score (nSPS) is 11.7. The third kappa shape index (κ3) is 3.62. The molecule has 0 N–H and O–H groups in total. The third-order valence-electron chi connectivity index (χ3n) is 2.44. The van der Waals surface area contributed by atoms with E-state index in [-0.39, 0.29) is 23.4 Å². The molecular formula is C12H14NO5S-. The summed E-state index contributed by atoms with van der Waals surface area (Å²) in [5.41, 5.74) is 0.534. The quantitative estimate of drug-likeness (QED) is 0.446. The molecule has 0 fully saturated rings. The van der Waals surface area contributed by atoms with E-state index in [1.165, 1.54) is 25.3 Å². The Morgan fingerprint density at radius 2 is 2.21 bits per heavy atom. The van der Waals surface area contributed by atoms with Crippen LogP contribution in [0.4, 0.5) is 5.69 Å². The van der Waals surface area contributed by atoms with Crippen molar-refractivity contribution in [3.63, 3.8) is 0 Å². The van der Waals surface area contributed by atoms with E-state index in [1.807, 2.05) is 0 Å². The topological polar surface area (TPSA) is 86.7 Å². The fourth-order valence-electron chi connectivity index (χ4n) is 1.59. The molecule has 19 heavy (non-hydrogen) atoms. The van der Waals surface area contributed by atoms with Gasteiger partial charge in [0.2, 0.25) is 0 Å². The number of hydrogen-bond donors (Lipinski definition) is 0. The first kappa shape index (κ1) is 15.3. The van der Waals surface area contributed by atoms with E-state index < -0.39 is 17.2 Å². The predicted octanol–water partition coefficient (Wildman–Crippen LogP) is 1.30. The number of aldehydes is 1. The Labute approximate surface area is 113 Å². The zero-order valence-corrected chi connectivity index (χ0v) is 11.4. The minimum atomic E-state index is -2.53. The monoisotopic (exact) mass is 284 g/mol. The largest absolute Gasteiger partial charge is 0.755 e. The van der Waals surface area contributed by atoms with Gasteiger partial charge in [0.25, 0.3) is 0 Å². The van der Waals surface area contributed by atoms with E-state index in [0.717, 1.165) is 4.31 Å². The predicted molar refractivity (Wildman–Crippen MR) is 69.7 cm³/mol. The van der Waals surface area contributed by atoms with Gasteiger partial charge in [-0.3, -0.25) is 9.00 Å². The van der Waals surface area contributed by atoms with E-state index in [4.69, 9.17) is 0 Å². The van der Waals surface area contributed by atoms with Gasteiger partial charge in [0.05, 0.1) is 18.4 Å². The maximum absolute atomic E-state index is 11.6. The number of esters is 1. The van der Waals surface area contributed by atoms with Crippen molar-refractivity contribution in [1.29, 1.82) is 0 Å². The van der Waals surface area contributed by atoms with Gasteiger partial charge in [-0.25, -0.2) is 4.79 Å². The molecule has 0 aromatic heterocycles. The lowest BCUT2D eigenvalue weighted by atomic mass is 10.1. The molecule has 0 spiro atoms. The minimum Gasteiger partial charge on any atom is -0.755 e. The zero-order valence-electron chi connectivity index (χ0n) is 10.6. The fourth-order valence-corrected chi connectivity index (χ4v) is 2.23. The summed E-state index contributed by atoms with van der Waals surface area (Å²) in [7, 11) is 1.21. The third-order valence-corrected chi connectivity index (χ3v) is 3.18. The van der Waals surface area contributed by atoms with Crippen molar-refractivity contribution in [3.05, 3.63) is 29.3 Å². The standard InChI is InChI=1S/C12H15NO5S/c1-3-6-13(19(16)17)11-7-9(8-14)4-5-10(11)12(15)18-2/h4-5,7-8H,3,6H2,1-2H3,(H,16,17)/p-1. The van der Waals surface area contributed by atoms with Crippen LogP contribution in [0.3, 0.4) is 0 Å². The number of nitrogens with zero attached hydrogens (tertiary/aromatic N) is 1. The van der Waals surface area contributed by atoms with Crippen LogP contribution in [0, 0.1) is 0 Å². The maximum atomic E-state index is 11.6. The second kappa shape index (κ2) is 7.01. The summed E-state index contributed by atoms with van der Waals surface area (Å²) < 4.78 is 28.1. The molecule has 0 amide bonds. The van der Waals surface area contributed by atoms with Crippen molar-refractivity contribution in [3.8, 4) is 0 Å². The van der Waals surface area contributed by atoms with Gasteiger partial charge in [-0.1, -0.05) is 13.0 Å². The molecule has 0 aliphatic carbocycles. The smallest absolute Gasteiger partial charge is 0.340 e. The number of rotatable bonds is 6. The van der Waals surface area contributed by atoms with Crippen molar-refractivity contribution in [2.24, 2.45) is 0 Å². The Bertz CT molecular complexity index is 503. The van der Waals surface area contributed by atoms with Crippen LogP contribution in [0.5, 0.6) is 0 Å². The Morgan fingerprint density at radius 1 is 1.53 bits per heavy atom. The molecule has 1 unspecified atom stereocenters. The molecular weight excluding hydrogens is 270 g/mol. The van der Waals surface area contributed by atoms with Gasteiger partial charge in [-0.05, 0) is 18.6 Å². The van der Waals surface area contributed by atoms with E-state index in [1.54, 1.807) is 6.92 Å². The highest BCUT2D eigenvalue weighted by atomic mass is 32.2. The Morgan fingerprint density at radius 3 is 2.68 bits per heavy atom. The lowest BCUT2D eigenvalue weighted by molar-refractivity contribution is 0.0601. The molecule has 104 valence electrons. The highest BCUT2D eigenvalue weighted by molar-refractivity contribution is 7.80. The van der Waals surface area contributed by atoms with Crippen LogP contribution < -0.4 is 4.31 Å². The number of carbonyl (C=O) groups excluding carboxylic acids is 2. The maximum Gasteiger partial charge on any atom is 0.340 e. The first-order valence-corrected chi connectivity index (χ1v) is 6.62. The highest BCUT2D eigenvalue weighted by Crippen LogP contribution is 2.24. The second-order valence-electron chi connectivity index (χ2n) is 3.71. The van der Waals surface area contributed by atoms with Gasteiger partial charge >= 0.3 is 5.97 Å². The summed E-state index contributed by atoms with van der Waals surface area (Å²) in [5.74, 6) is -0.654. The Hall–Kier alpha value is -1.73. The van der Waals surface area contributed by atoms with Gasteiger partial charge in [-0.15, -0.1) is 0 Å². The molecule has 1 aromatic rings. The molecule has 0 aliphatic rings. The summed E-state index contributed by atoms with van der Waals surface area (Å²) in [6.07, 6.45) is 1.16. The summed E-state index contributed by atoms with van der Waals surface area (Å²) in [6.45, 7) is 2.02. The van der Waals surface area contributed by atoms with E-state index in [2.05, 4.69) is 4.74 Å². The molecule has 1 atom stereocenters. The molecule has 7 heteroatoms. The average Bonchev–Trinajstić information content (AvgIpc) is 2.42. The van der Waals surface area contributed by atoms with Crippen LogP contribution in [-0.4, -0.2) is 34.7 Å². The lowest BCUT2D eigenvalue weighted by Crippen LogP contribution is -2.28. The highest BCUT2D eigenvalue weighted by Gasteiger charge is 2.18. The summed E-state index contributed by atoms with van der Waals surface area (Å²) in [4.78, 5) is 22.4. The minimum absolute atomic E-state index is 0.103. The van der Waals surface area contributed by atoms with Gasteiger partial charge in [0.1, 0.15) is 6.29 Å². The molecule has 1 aromatic carbocycles. The van der Waals surface area contributed by atoms with Crippen LogP contribution in [0.2, 0.25) is 0 Å². The molecule has 0 aliphatic heterocycles. The van der Waals surface area contributed by atoms with Crippen LogP contribution in [0.1, 0.15) is 34.1 Å². The van der Waals surface area contributed by atoms with Crippen LogP contribution >= 0.6 is 0 Å². The number of anilines is 1. The number of ether oxygens (including phenoxy) is 1. The van der Waals surface area contributed by atoms with Gasteiger partial charge in [-0.2, -0.15) is 0 Å². The molecule has 0 radical (unpaired) electrons. The SMILES string of the molecule is CCCN(c1cc(C=O)ccc1C(=O)OC)S(=O)[O-]. The first-order valence-electron chi connectivity index (χ1n) is 5.59. The summed E-state index contributed by atoms with van der Waals surface area (Å²) in [6, 6.07) is 4.16. The van der Waals surface area contributed by atoms with E-state index >= 15 is 0 Å². The van der Waals surface area contributed by atoms with Gasteiger partial charge < -0.3 is 13.6 Å². The fraction of sp³-hybridized carbons (Fsp3) is 0.333. The first-order chi connectivity index (χ1) is 9.04. The number of benzene rings is 1. The number of hydrogen-bond acceptors (Lipinski definition) is 5. The van der Waals surface area contributed by atoms with Crippen LogP contribution in [-0.2, 0) is 16.0 Å². The number of methoxy groups -OCH3 is 1. The molecule has 6 nitrogen and oxygen atoms in total. The molecule has 0 saturated carbocycles. The van der Waals surface area contributed by atoms with Crippen LogP contribution in [0.15, 0.2) is 18.2 Å². The lowest BCUT2D eigenvalue weighted by Gasteiger charge is -2.27.